The van der Waals surface area contributed by atoms with E-state index in [4.69, 9.17) is 4.74 Å². The lowest BCUT2D eigenvalue weighted by molar-refractivity contribution is -0.0606. The van der Waals surface area contributed by atoms with Gasteiger partial charge in [0.1, 0.15) is 0 Å². The second kappa shape index (κ2) is 5.87. The SMILES string of the molecule is CNCC1OCCN(C)C1c1ccc2ncccc2c1. The number of morpholine rings is 1. The van der Waals surface area contributed by atoms with Crippen LogP contribution in [0.15, 0.2) is 36.5 Å². The summed E-state index contributed by atoms with van der Waals surface area (Å²) in [6.45, 7) is 2.63. The van der Waals surface area contributed by atoms with Crippen molar-refractivity contribution in [3.05, 3.63) is 42.1 Å². The maximum absolute atomic E-state index is 5.95. The molecular weight excluding hydrogens is 250 g/mol. The number of hydrogen-bond acceptors (Lipinski definition) is 4. The molecule has 4 nitrogen and oxygen atoms in total. The minimum atomic E-state index is 0.188. The fourth-order valence-corrected chi connectivity index (χ4v) is 2.98. The van der Waals surface area contributed by atoms with Gasteiger partial charge in [-0.05, 0) is 37.9 Å². The fourth-order valence-electron chi connectivity index (χ4n) is 2.98. The Morgan fingerprint density at radius 3 is 3.15 bits per heavy atom. The molecule has 4 heteroatoms. The highest BCUT2D eigenvalue weighted by Crippen LogP contribution is 2.29. The van der Waals surface area contributed by atoms with Crippen LogP contribution in [0.2, 0.25) is 0 Å². The molecule has 2 heterocycles. The minimum Gasteiger partial charge on any atom is -0.374 e. The molecule has 0 radical (unpaired) electrons. The van der Waals surface area contributed by atoms with E-state index in [1.54, 1.807) is 0 Å². The lowest BCUT2D eigenvalue weighted by Gasteiger charge is -2.39. The third-order valence-electron chi connectivity index (χ3n) is 3.98. The number of aromatic nitrogens is 1. The number of pyridine rings is 1. The van der Waals surface area contributed by atoms with Gasteiger partial charge in [-0.25, -0.2) is 0 Å². The summed E-state index contributed by atoms with van der Waals surface area (Å²) in [5.74, 6) is 0. The zero-order valence-corrected chi connectivity index (χ0v) is 12.0. The second-order valence-electron chi connectivity index (χ2n) is 5.35. The van der Waals surface area contributed by atoms with Crippen molar-refractivity contribution in [1.82, 2.24) is 15.2 Å². The van der Waals surface area contributed by atoms with Gasteiger partial charge in [0.25, 0.3) is 0 Å². The van der Waals surface area contributed by atoms with Gasteiger partial charge in [-0.3, -0.25) is 9.88 Å². The van der Waals surface area contributed by atoms with E-state index < -0.39 is 0 Å². The van der Waals surface area contributed by atoms with Crippen molar-refractivity contribution >= 4 is 10.9 Å². The van der Waals surface area contributed by atoms with Gasteiger partial charge in [0.15, 0.2) is 0 Å². The topological polar surface area (TPSA) is 37.4 Å². The number of rotatable bonds is 3. The predicted molar refractivity (Wildman–Crippen MR) is 80.8 cm³/mol. The number of nitrogens with one attached hydrogen (secondary N) is 1. The van der Waals surface area contributed by atoms with Crippen molar-refractivity contribution in [2.75, 3.05) is 33.8 Å². The fraction of sp³-hybridized carbons (Fsp3) is 0.438. The third kappa shape index (κ3) is 2.54. The van der Waals surface area contributed by atoms with E-state index in [9.17, 15) is 0 Å². The van der Waals surface area contributed by atoms with E-state index >= 15 is 0 Å². The molecule has 3 rings (SSSR count). The maximum atomic E-state index is 5.95. The molecule has 20 heavy (non-hydrogen) atoms. The molecule has 0 aliphatic carbocycles. The molecule has 2 aromatic rings. The highest BCUT2D eigenvalue weighted by atomic mass is 16.5. The van der Waals surface area contributed by atoms with E-state index in [0.29, 0.717) is 6.04 Å². The molecule has 0 bridgehead atoms. The number of ether oxygens (including phenoxy) is 1. The average Bonchev–Trinajstić information content (AvgIpc) is 2.47. The first-order valence-corrected chi connectivity index (χ1v) is 7.11. The number of likely N-dealkylation sites (N-methyl/N-ethyl adjacent to an activating group) is 2. The molecule has 2 atom stereocenters. The van der Waals surface area contributed by atoms with E-state index in [-0.39, 0.29) is 6.10 Å². The van der Waals surface area contributed by atoms with Crippen molar-refractivity contribution < 1.29 is 4.74 Å². The molecule has 1 aromatic carbocycles. The van der Waals surface area contributed by atoms with Gasteiger partial charge in [0, 0.05) is 24.7 Å². The second-order valence-corrected chi connectivity index (χ2v) is 5.35. The lowest BCUT2D eigenvalue weighted by atomic mass is 9.97. The average molecular weight is 271 g/mol. The summed E-state index contributed by atoms with van der Waals surface area (Å²) in [4.78, 5) is 6.76. The lowest BCUT2D eigenvalue weighted by Crippen LogP contribution is -2.46. The van der Waals surface area contributed by atoms with Crippen molar-refractivity contribution in [1.29, 1.82) is 0 Å². The Morgan fingerprint density at radius 2 is 2.30 bits per heavy atom. The summed E-state index contributed by atoms with van der Waals surface area (Å²) < 4.78 is 5.95. The zero-order chi connectivity index (χ0) is 13.9. The molecule has 0 amide bonds. The first-order chi connectivity index (χ1) is 9.79. The van der Waals surface area contributed by atoms with E-state index in [2.05, 4.69) is 46.5 Å². The molecule has 1 fully saturated rings. The number of fused-ring (bicyclic) bond motifs is 1. The summed E-state index contributed by atoms with van der Waals surface area (Å²) in [7, 11) is 4.14. The molecule has 0 saturated carbocycles. The van der Waals surface area contributed by atoms with Gasteiger partial charge >= 0.3 is 0 Å². The largest absolute Gasteiger partial charge is 0.374 e. The number of nitrogens with zero attached hydrogens (tertiary/aromatic N) is 2. The Hall–Kier alpha value is -1.49. The molecule has 1 N–H and O–H groups in total. The smallest absolute Gasteiger partial charge is 0.0896 e. The highest BCUT2D eigenvalue weighted by molar-refractivity contribution is 5.79. The van der Waals surface area contributed by atoms with Crippen LogP contribution in [0.3, 0.4) is 0 Å². The van der Waals surface area contributed by atoms with Crippen LogP contribution in [0.1, 0.15) is 11.6 Å². The van der Waals surface area contributed by atoms with Crippen LogP contribution in [0.25, 0.3) is 10.9 Å². The first-order valence-electron chi connectivity index (χ1n) is 7.11. The van der Waals surface area contributed by atoms with Gasteiger partial charge in [0.2, 0.25) is 0 Å². The Bertz CT molecular complexity index is 585. The van der Waals surface area contributed by atoms with E-state index in [0.717, 1.165) is 25.2 Å². The van der Waals surface area contributed by atoms with Gasteiger partial charge in [-0.15, -0.1) is 0 Å². The van der Waals surface area contributed by atoms with Crippen LogP contribution < -0.4 is 5.32 Å². The summed E-state index contributed by atoms with van der Waals surface area (Å²) >= 11 is 0. The third-order valence-corrected chi connectivity index (χ3v) is 3.98. The summed E-state index contributed by atoms with van der Waals surface area (Å²) in [6, 6.07) is 10.9. The van der Waals surface area contributed by atoms with Gasteiger partial charge in [-0.2, -0.15) is 0 Å². The molecule has 106 valence electrons. The Morgan fingerprint density at radius 1 is 1.40 bits per heavy atom. The van der Waals surface area contributed by atoms with Crippen LogP contribution in [0, 0.1) is 0 Å². The highest BCUT2D eigenvalue weighted by Gasteiger charge is 2.30. The Kier molecular flexibility index (Phi) is 3.96. The molecule has 1 aliphatic rings. The Labute approximate surface area is 119 Å². The van der Waals surface area contributed by atoms with Crippen molar-refractivity contribution in [3.63, 3.8) is 0 Å². The van der Waals surface area contributed by atoms with Gasteiger partial charge in [-0.1, -0.05) is 12.1 Å². The standard InChI is InChI=1S/C16H21N3O/c1-17-11-15-16(19(2)8-9-20-15)13-5-6-14-12(10-13)4-3-7-18-14/h3-7,10,15-17H,8-9,11H2,1-2H3. The monoisotopic (exact) mass is 271 g/mol. The molecular formula is C16H21N3O. The summed E-state index contributed by atoms with van der Waals surface area (Å²) in [5.41, 5.74) is 2.34. The number of hydrogen-bond donors (Lipinski definition) is 1. The maximum Gasteiger partial charge on any atom is 0.0896 e. The van der Waals surface area contributed by atoms with Crippen LogP contribution in [-0.2, 0) is 4.74 Å². The van der Waals surface area contributed by atoms with Crippen molar-refractivity contribution in [2.24, 2.45) is 0 Å². The quantitative estimate of drug-likeness (QED) is 0.924. The molecule has 2 unspecified atom stereocenters. The van der Waals surface area contributed by atoms with Crippen LogP contribution >= 0.6 is 0 Å². The van der Waals surface area contributed by atoms with Crippen molar-refractivity contribution in [3.8, 4) is 0 Å². The van der Waals surface area contributed by atoms with Crippen LogP contribution in [0.5, 0.6) is 0 Å². The van der Waals surface area contributed by atoms with Crippen LogP contribution in [0.4, 0.5) is 0 Å². The molecule has 1 saturated heterocycles. The minimum absolute atomic E-state index is 0.188. The zero-order valence-electron chi connectivity index (χ0n) is 12.0. The normalized spacial score (nSPS) is 24.1. The van der Waals surface area contributed by atoms with Crippen molar-refractivity contribution in [2.45, 2.75) is 12.1 Å². The molecule has 1 aromatic heterocycles. The first kappa shape index (κ1) is 13.5. The summed E-state index contributed by atoms with van der Waals surface area (Å²) in [5, 5.41) is 4.42. The molecule has 0 spiro atoms. The van der Waals surface area contributed by atoms with Gasteiger partial charge < -0.3 is 10.1 Å². The van der Waals surface area contributed by atoms with Gasteiger partial charge in [0.05, 0.1) is 24.3 Å². The van der Waals surface area contributed by atoms with E-state index in [1.165, 1.54) is 10.9 Å². The molecule has 1 aliphatic heterocycles. The van der Waals surface area contributed by atoms with E-state index in [1.807, 2.05) is 19.3 Å². The Balaban J connectivity index is 1.97. The summed E-state index contributed by atoms with van der Waals surface area (Å²) in [6.07, 6.45) is 2.02. The number of benzene rings is 1. The van der Waals surface area contributed by atoms with Crippen LogP contribution in [-0.4, -0.2) is 49.8 Å². The predicted octanol–water partition coefficient (Wildman–Crippen LogP) is 1.83.